The van der Waals surface area contributed by atoms with E-state index in [1.54, 1.807) is 13.3 Å². The quantitative estimate of drug-likeness (QED) is 0.867. The molecule has 0 fully saturated rings. The number of hydrogen-bond acceptors (Lipinski definition) is 3. The van der Waals surface area contributed by atoms with Gasteiger partial charge in [0, 0.05) is 32.4 Å². The number of aromatic nitrogens is 2. The van der Waals surface area contributed by atoms with Crippen LogP contribution in [-0.2, 0) is 20.0 Å². The fourth-order valence-electron chi connectivity index (χ4n) is 1.83. The fourth-order valence-corrected chi connectivity index (χ4v) is 1.83. The van der Waals surface area contributed by atoms with E-state index in [4.69, 9.17) is 10.5 Å². The van der Waals surface area contributed by atoms with E-state index in [0.29, 0.717) is 6.54 Å². The topological polar surface area (TPSA) is 53.1 Å². The highest BCUT2D eigenvalue weighted by atomic mass is 16.5. The van der Waals surface area contributed by atoms with E-state index in [9.17, 15) is 0 Å². The van der Waals surface area contributed by atoms with Gasteiger partial charge in [-0.2, -0.15) is 0 Å². The Kier molecular flexibility index (Phi) is 3.44. The summed E-state index contributed by atoms with van der Waals surface area (Å²) in [6.45, 7) is 0.511. The molecule has 1 aromatic carbocycles. The second-order valence-electron chi connectivity index (χ2n) is 3.97. The summed E-state index contributed by atoms with van der Waals surface area (Å²) in [5.41, 5.74) is 8.06. The summed E-state index contributed by atoms with van der Waals surface area (Å²) in [4.78, 5) is 4.32. The lowest BCUT2D eigenvalue weighted by atomic mass is 10.0. The normalized spacial score (nSPS) is 10.5. The van der Waals surface area contributed by atoms with Gasteiger partial charge in [0.25, 0.3) is 0 Å². The highest BCUT2D eigenvalue weighted by Gasteiger charge is 2.07. The van der Waals surface area contributed by atoms with E-state index >= 15 is 0 Å². The van der Waals surface area contributed by atoms with Crippen LogP contribution in [0.2, 0.25) is 0 Å². The van der Waals surface area contributed by atoms with Gasteiger partial charge < -0.3 is 15.0 Å². The number of ether oxygens (including phenoxy) is 1. The smallest absolute Gasteiger partial charge is 0.119 e. The number of nitrogens with two attached hydrogens (primary N) is 1. The lowest BCUT2D eigenvalue weighted by molar-refractivity contribution is 0.414. The van der Waals surface area contributed by atoms with E-state index < -0.39 is 0 Å². The van der Waals surface area contributed by atoms with Crippen LogP contribution in [0.25, 0.3) is 0 Å². The Morgan fingerprint density at radius 1 is 1.35 bits per heavy atom. The minimum Gasteiger partial charge on any atom is -0.497 e. The van der Waals surface area contributed by atoms with Crippen LogP contribution in [0.1, 0.15) is 17.0 Å². The monoisotopic (exact) mass is 231 g/mol. The molecule has 0 saturated carbocycles. The molecule has 4 nitrogen and oxygen atoms in total. The molecule has 0 atom stereocenters. The van der Waals surface area contributed by atoms with Crippen molar-refractivity contribution >= 4 is 0 Å². The van der Waals surface area contributed by atoms with Gasteiger partial charge in [0.15, 0.2) is 0 Å². The number of hydrogen-bond donors (Lipinski definition) is 1. The first-order chi connectivity index (χ1) is 8.24. The third-order valence-corrected chi connectivity index (χ3v) is 2.90. The van der Waals surface area contributed by atoms with Crippen molar-refractivity contribution in [1.82, 2.24) is 9.55 Å². The van der Waals surface area contributed by atoms with Gasteiger partial charge in [-0.1, -0.05) is 6.07 Å². The zero-order valence-corrected chi connectivity index (χ0v) is 10.2. The molecule has 0 bridgehead atoms. The second-order valence-corrected chi connectivity index (χ2v) is 3.97. The Bertz CT molecular complexity index is 505. The molecule has 0 aliphatic heterocycles. The first-order valence-electron chi connectivity index (χ1n) is 5.56. The summed E-state index contributed by atoms with van der Waals surface area (Å²) in [7, 11) is 3.65. The largest absolute Gasteiger partial charge is 0.497 e. The molecule has 4 heteroatoms. The van der Waals surface area contributed by atoms with E-state index in [2.05, 4.69) is 11.1 Å². The Morgan fingerprint density at radius 3 is 2.76 bits per heavy atom. The van der Waals surface area contributed by atoms with E-state index in [-0.39, 0.29) is 0 Å². The number of nitrogens with zero attached hydrogens (tertiary/aromatic N) is 2. The second kappa shape index (κ2) is 5.01. The molecular weight excluding hydrogens is 214 g/mol. The minimum absolute atomic E-state index is 0.511. The summed E-state index contributed by atoms with van der Waals surface area (Å²) in [6, 6.07) is 5.99. The van der Waals surface area contributed by atoms with Gasteiger partial charge in [0.2, 0.25) is 0 Å². The average molecular weight is 231 g/mol. The molecular formula is C13H17N3O. The van der Waals surface area contributed by atoms with Crippen LogP contribution in [0.4, 0.5) is 0 Å². The molecule has 2 rings (SSSR count). The predicted molar refractivity (Wildman–Crippen MR) is 66.9 cm³/mol. The van der Waals surface area contributed by atoms with Gasteiger partial charge in [-0.15, -0.1) is 0 Å². The summed E-state index contributed by atoms with van der Waals surface area (Å²) in [5.74, 6) is 1.87. The lowest BCUT2D eigenvalue weighted by Gasteiger charge is -2.10. The molecule has 90 valence electrons. The molecule has 0 amide bonds. The van der Waals surface area contributed by atoms with Crippen LogP contribution in [0, 0.1) is 0 Å². The van der Waals surface area contributed by atoms with Crippen LogP contribution < -0.4 is 10.5 Å². The molecule has 0 aliphatic carbocycles. The van der Waals surface area contributed by atoms with Crippen LogP contribution in [0.5, 0.6) is 5.75 Å². The third kappa shape index (κ3) is 2.47. The van der Waals surface area contributed by atoms with Crippen molar-refractivity contribution in [3.05, 3.63) is 47.5 Å². The van der Waals surface area contributed by atoms with Crippen LogP contribution in [0.3, 0.4) is 0 Å². The zero-order chi connectivity index (χ0) is 12.3. The summed E-state index contributed by atoms with van der Waals surface area (Å²) < 4.78 is 7.21. The van der Waals surface area contributed by atoms with Gasteiger partial charge >= 0.3 is 0 Å². The Hall–Kier alpha value is -1.81. The van der Waals surface area contributed by atoms with Crippen LogP contribution in [-0.4, -0.2) is 16.7 Å². The summed E-state index contributed by atoms with van der Waals surface area (Å²) in [5, 5.41) is 0. The maximum absolute atomic E-state index is 5.76. The standard InChI is InChI=1S/C13H17N3O/c1-16-6-5-15-13(16)8-10-3-4-12(17-2)7-11(10)9-14/h3-7H,8-9,14H2,1-2H3. The SMILES string of the molecule is COc1ccc(Cc2nccn2C)c(CN)c1. The van der Waals surface area contributed by atoms with Crippen molar-refractivity contribution in [2.24, 2.45) is 12.8 Å². The number of imidazole rings is 1. The molecule has 17 heavy (non-hydrogen) atoms. The molecule has 1 heterocycles. The van der Waals surface area contributed by atoms with Gasteiger partial charge in [0.05, 0.1) is 7.11 Å². The summed E-state index contributed by atoms with van der Waals surface area (Å²) in [6.07, 6.45) is 4.54. The van der Waals surface area contributed by atoms with E-state index in [0.717, 1.165) is 23.6 Å². The van der Waals surface area contributed by atoms with Crippen LogP contribution in [0.15, 0.2) is 30.6 Å². The molecule has 0 aliphatic rings. The van der Waals surface area contributed by atoms with Crippen molar-refractivity contribution in [1.29, 1.82) is 0 Å². The highest BCUT2D eigenvalue weighted by Crippen LogP contribution is 2.19. The van der Waals surface area contributed by atoms with Gasteiger partial charge in [-0.25, -0.2) is 4.98 Å². The van der Waals surface area contributed by atoms with Gasteiger partial charge in [-0.05, 0) is 23.3 Å². The molecule has 0 saturated heterocycles. The average Bonchev–Trinajstić information content (AvgIpc) is 2.75. The number of methoxy groups -OCH3 is 1. The highest BCUT2D eigenvalue weighted by molar-refractivity contribution is 5.37. The third-order valence-electron chi connectivity index (χ3n) is 2.90. The molecule has 0 radical (unpaired) electrons. The Morgan fingerprint density at radius 2 is 2.18 bits per heavy atom. The first kappa shape index (κ1) is 11.7. The molecule has 2 aromatic rings. The fraction of sp³-hybridized carbons (Fsp3) is 0.308. The number of aryl methyl sites for hydroxylation is 1. The van der Waals surface area contributed by atoms with Crippen molar-refractivity contribution in [2.75, 3.05) is 7.11 Å². The van der Waals surface area contributed by atoms with Gasteiger partial charge in [-0.3, -0.25) is 0 Å². The van der Waals surface area contributed by atoms with E-state index in [1.807, 2.05) is 29.9 Å². The number of rotatable bonds is 4. The zero-order valence-electron chi connectivity index (χ0n) is 10.2. The Labute approximate surface area is 101 Å². The van der Waals surface area contributed by atoms with Crippen molar-refractivity contribution < 1.29 is 4.74 Å². The first-order valence-corrected chi connectivity index (χ1v) is 5.56. The summed E-state index contributed by atoms with van der Waals surface area (Å²) >= 11 is 0. The van der Waals surface area contributed by atoms with E-state index in [1.165, 1.54) is 5.56 Å². The Balaban J connectivity index is 2.29. The molecule has 0 unspecified atom stereocenters. The molecule has 2 N–H and O–H groups in total. The predicted octanol–water partition coefficient (Wildman–Crippen LogP) is 1.48. The maximum atomic E-state index is 5.76. The minimum atomic E-state index is 0.511. The maximum Gasteiger partial charge on any atom is 0.119 e. The van der Waals surface area contributed by atoms with Gasteiger partial charge in [0.1, 0.15) is 11.6 Å². The lowest BCUT2D eigenvalue weighted by Crippen LogP contribution is -2.05. The van der Waals surface area contributed by atoms with Crippen molar-refractivity contribution in [2.45, 2.75) is 13.0 Å². The number of benzene rings is 1. The van der Waals surface area contributed by atoms with Crippen molar-refractivity contribution in [3.63, 3.8) is 0 Å². The van der Waals surface area contributed by atoms with Crippen molar-refractivity contribution in [3.8, 4) is 5.75 Å². The van der Waals surface area contributed by atoms with Crippen LogP contribution >= 0.6 is 0 Å². The molecule has 0 spiro atoms. The molecule has 1 aromatic heterocycles.